The van der Waals surface area contributed by atoms with Crippen LogP contribution in [-0.2, 0) is 16.1 Å². The van der Waals surface area contributed by atoms with Crippen molar-refractivity contribution in [2.45, 2.75) is 58.1 Å². The van der Waals surface area contributed by atoms with E-state index in [9.17, 15) is 4.79 Å². The lowest BCUT2D eigenvalue weighted by Gasteiger charge is -2.10. The predicted octanol–water partition coefficient (Wildman–Crippen LogP) is 4.00. The van der Waals surface area contributed by atoms with E-state index in [0.717, 1.165) is 37.1 Å². The zero-order valence-electron chi connectivity index (χ0n) is 14.5. The van der Waals surface area contributed by atoms with E-state index in [1.807, 2.05) is 37.3 Å². The van der Waals surface area contributed by atoms with Crippen LogP contribution in [0.2, 0.25) is 0 Å². The second-order valence-electron chi connectivity index (χ2n) is 6.46. The highest BCUT2D eigenvalue weighted by Crippen LogP contribution is 2.16. The van der Waals surface area contributed by atoms with E-state index >= 15 is 0 Å². The summed E-state index contributed by atoms with van der Waals surface area (Å²) in [6.45, 7) is 2.24. The quantitative estimate of drug-likeness (QED) is 0.608. The monoisotopic (exact) mass is 328 g/mol. The lowest BCUT2D eigenvalue weighted by atomic mass is 10.0. The van der Waals surface area contributed by atoms with Crippen LogP contribution in [0.3, 0.4) is 0 Å². The standard InChI is InChI=1S/C20H28N2O2/c1-16(20(23)24-15-17-10-3-2-4-11-17)9-5-6-12-18-13-7-8-14-19(21)22-18/h2-6,10-11,16,18H,7-9,12-15H2,1H3,(H2,21,22)/b6-5-/t16-,18+/m1/s1. The Morgan fingerprint density at radius 3 is 2.92 bits per heavy atom. The van der Waals surface area contributed by atoms with Gasteiger partial charge < -0.3 is 10.5 Å². The molecule has 130 valence electrons. The number of carbonyl (C=O) groups is 1. The average molecular weight is 328 g/mol. The Morgan fingerprint density at radius 2 is 2.12 bits per heavy atom. The Morgan fingerprint density at radius 1 is 1.33 bits per heavy atom. The highest BCUT2D eigenvalue weighted by Gasteiger charge is 2.13. The summed E-state index contributed by atoms with van der Waals surface area (Å²) in [7, 11) is 0. The first-order chi connectivity index (χ1) is 11.6. The molecular weight excluding hydrogens is 300 g/mol. The van der Waals surface area contributed by atoms with Crippen LogP contribution in [0, 0.1) is 5.92 Å². The summed E-state index contributed by atoms with van der Waals surface area (Å²) >= 11 is 0. The lowest BCUT2D eigenvalue weighted by Crippen LogP contribution is -2.14. The molecule has 0 unspecified atom stereocenters. The molecule has 2 atom stereocenters. The van der Waals surface area contributed by atoms with Crippen molar-refractivity contribution in [2.75, 3.05) is 0 Å². The number of hydrogen-bond donors (Lipinski definition) is 1. The number of benzene rings is 1. The van der Waals surface area contributed by atoms with Crippen LogP contribution in [0.1, 0.15) is 51.0 Å². The van der Waals surface area contributed by atoms with Crippen molar-refractivity contribution in [3.05, 3.63) is 48.0 Å². The topological polar surface area (TPSA) is 64.7 Å². The molecule has 0 aliphatic carbocycles. The summed E-state index contributed by atoms with van der Waals surface area (Å²) in [6.07, 6.45) is 10.1. The number of nitrogens with two attached hydrogens (primary N) is 1. The Bertz CT molecular complexity index is 566. The smallest absolute Gasteiger partial charge is 0.309 e. The van der Waals surface area contributed by atoms with Crippen molar-refractivity contribution in [3.63, 3.8) is 0 Å². The summed E-state index contributed by atoms with van der Waals surface area (Å²) in [4.78, 5) is 16.5. The van der Waals surface area contributed by atoms with Crippen molar-refractivity contribution in [3.8, 4) is 0 Å². The molecule has 0 saturated heterocycles. The molecule has 1 aromatic carbocycles. The van der Waals surface area contributed by atoms with E-state index < -0.39 is 0 Å². The van der Waals surface area contributed by atoms with E-state index in [1.54, 1.807) is 0 Å². The Labute approximate surface area is 144 Å². The molecule has 4 heteroatoms. The molecule has 1 aliphatic heterocycles. The molecule has 0 spiro atoms. The maximum absolute atomic E-state index is 12.0. The van der Waals surface area contributed by atoms with Crippen molar-refractivity contribution in [2.24, 2.45) is 16.6 Å². The minimum atomic E-state index is -0.153. The normalized spacial score (nSPS) is 19.5. The van der Waals surface area contributed by atoms with E-state index in [-0.39, 0.29) is 11.9 Å². The SMILES string of the molecule is C[C@H](C/C=C\C[C@H]1CCCCC(N)=N1)C(=O)OCc1ccccc1. The number of allylic oxidation sites excluding steroid dienone is 1. The van der Waals surface area contributed by atoms with Crippen LogP contribution in [0.15, 0.2) is 47.5 Å². The minimum absolute atomic E-state index is 0.132. The Hall–Kier alpha value is -2.10. The highest BCUT2D eigenvalue weighted by atomic mass is 16.5. The van der Waals surface area contributed by atoms with Crippen molar-refractivity contribution in [1.82, 2.24) is 0 Å². The first-order valence-electron chi connectivity index (χ1n) is 8.83. The minimum Gasteiger partial charge on any atom is -0.461 e. The molecule has 0 fully saturated rings. The summed E-state index contributed by atoms with van der Waals surface area (Å²) < 4.78 is 5.36. The fourth-order valence-electron chi connectivity index (χ4n) is 2.74. The molecule has 2 N–H and O–H groups in total. The maximum Gasteiger partial charge on any atom is 0.309 e. The maximum atomic E-state index is 12.0. The highest BCUT2D eigenvalue weighted by molar-refractivity contribution is 5.80. The molecule has 0 bridgehead atoms. The Kier molecular flexibility index (Phi) is 7.53. The molecule has 24 heavy (non-hydrogen) atoms. The van der Waals surface area contributed by atoms with Gasteiger partial charge in [-0.2, -0.15) is 0 Å². The molecule has 1 heterocycles. The number of esters is 1. The number of carbonyl (C=O) groups excluding carboxylic acids is 1. The number of amidine groups is 1. The zero-order valence-corrected chi connectivity index (χ0v) is 14.5. The molecule has 0 aromatic heterocycles. The largest absolute Gasteiger partial charge is 0.461 e. The lowest BCUT2D eigenvalue weighted by molar-refractivity contribution is -0.149. The number of aliphatic imine (C=N–C) groups is 1. The molecule has 0 saturated carbocycles. The molecule has 1 aliphatic rings. The average Bonchev–Trinajstić information content (AvgIpc) is 2.81. The van der Waals surface area contributed by atoms with Gasteiger partial charge in [0.1, 0.15) is 6.61 Å². The van der Waals surface area contributed by atoms with Gasteiger partial charge in [-0.15, -0.1) is 0 Å². The van der Waals surface area contributed by atoms with Gasteiger partial charge in [0.25, 0.3) is 0 Å². The van der Waals surface area contributed by atoms with Crippen molar-refractivity contribution in [1.29, 1.82) is 0 Å². The first-order valence-corrected chi connectivity index (χ1v) is 8.83. The number of nitrogens with zero attached hydrogens (tertiary/aromatic N) is 1. The van der Waals surface area contributed by atoms with Crippen LogP contribution in [0.4, 0.5) is 0 Å². The van der Waals surface area contributed by atoms with E-state index in [1.165, 1.54) is 6.42 Å². The van der Waals surface area contributed by atoms with Gasteiger partial charge in [-0.05, 0) is 31.2 Å². The van der Waals surface area contributed by atoms with Crippen LogP contribution in [0.5, 0.6) is 0 Å². The second-order valence-corrected chi connectivity index (χ2v) is 6.46. The molecule has 4 nitrogen and oxygen atoms in total. The van der Waals surface area contributed by atoms with E-state index in [2.05, 4.69) is 17.1 Å². The fraction of sp³-hybridized carbons (Fsp3) is 0.500. The van der Waals surface area contributed by atoms with Gasteiger partial charge in [0.2, 0.25) is 0 Å². The third-order valence-electron chi connectivity index (χ3n) is 4.26. The molecule has 2 rings (SSSR count). The van der Waals surface area contributed by atoms with Crippen LogP contribution < -0.4 is 5.73 Å². The summed E-state index contributed by atoms with van der Waals surface area (Å²) in [6, 6.07) is 10.0. The van der Waals surface area contributed by atoms with Gasteiger partial charge in [0.05, 0.1) is 17.8 Å². The summed E-state index contributed by atoms with van der Waals surface area (Å²) in [5.41, 5.74) is 6.87. The first kappa shape index (κ1) is 18.2. The Balaban J connectivity index is 1.68. The molecule has 1 aromatic rings. The van der Waals surface area contributed by atoms with Gasteiger partial charge in [-0.3, -0.25) is 9.79 Å². The van der Waals surface area contributed by atoms with Gasteiger partial charge in [-0.1, -0.05) is 55.8 Å². The van der Waals surface area contributed by atoms with Crippen LogP contribution in [0.25, 0.3) is 0 Å². The third-order valence-corrected chi connectivity index (χ3v) is 4.26. The van der Waals surface area contributed by atoms with Gasteiger partial charge in [0.15, 0.2) is 0 Å². The number of rotatable bonds is 7. The fourth-order valence-corrected chi connectivity index (χ4v) is 2.74. The van der Waals surface area contributed by atoms with E-state index in [0.29, 0.717) is 19.1 Å². The van der Waals surface area contributed by atoms with Gasteiger partial charge >= 0.3 is 5.97 Å². The summed E-state index contributed by atoms with van der Waals surface area (Å²) in [5.74, 6) is 0.497. The van der Waals surface area contributed by atoms with Crippen LogP contribution in [-0.4, -0.2) is 17.8 Å². The van der Waals surface area contributed by atoms with E-state index in [4.69, 9.17) is 10.5 Å². The van der Waals surface area contributed by atoms with Crippen molar-refractivity contribution < 1.29 is 9.53 Å². The molecular formula is C20H28N2O2. The zero-order chi connectivity index (χ0) is 17.2. The second kappa shape index (κ2) is 9.91. The third kappa shape index (κ3) is 6.57. The van der Waals surface area contributed by atoms with Gasteiger partial charge in [-0.25, -0.2) is 0 Å². The number of hydrogen-bond acceptors (Lipinski definition) is 4. The van der Waals surface area contributed by atoms with Crippen LogP contribution >= 0.6 is 0 Å². The molecule has 0 amide bonds. The predicted molar refractivity (Wildman–Crippen MR) is 97.7 cm³/mol. The summed E-state index contributed by atoms with van der Waals surface area (Å²) in [5, 5.41) is 0. The molecule has 0 radical (unpaired) electrons. The number of ether oxygens (including phenoxy) is 1. The van der Waals surface area contributed by atoms with Gasteiger partial charge in [0, 0.05) is 6.42 Å². The van der Waals surface area contributed by atoms with Crippen molar-refractivity contribution >= 4 is 11.8 Å².